The Bertz CT molecular complexity index is 1270. The molecule has 0 aliphatic heterocycles. The van der Waals surface area contributed by atoms with E-state index in [4.69, 9.17) is 9.84 Å². The van der Waals surface area contributed by atoms with Gasteiger partial charge in [-0.2, -0.15) is 0 Å². The van der Waals surface area contributed by atoms with Gasteiger partial charge in [0.15, 0.2) is 17.2 Å². The van der Waals surface area contributed by atoms with Gasteiger partial charge in [-0.15, -0.1) is 11.3 Å². The summed E-state index contributed by atoms with van der Waals surface area (Å²) >= 11 is 4.42. The van der Waals surface area contributed by atoms with Crippen LogP contribution in [0.5, 0.6) is 5.75 Å². The van der Waals surface area contributed by atoms with Crippen molar-refractivity contribution in [2.75, 3.05) is 18.1 Å². The maximum absolute atomic E-state index is 13.6. The van der Waals surface area contributed by atoms with Crippen molar-refractivity contribution in [1.29, 1.82) is 0 Å². The maximum atomic E-state index is 13.6. The quantitative estimate of drug-likeness (QED) is 0.281. The number of nitrogens with zero attached hydrogens (tertiary/aromatic N) is 1. The number of aromatic carboxylic acids is 1. The molecule has 0 atom stereocenters. The second-order valence-electron chi connectivity index (χ2n) is 9.11. The summed E-state index contributed by atoms with van der Waals surface area (Å²) in [4.78, 5) is 38.7. The molecule has 1 aromatic heterocycles. The number of halogens is 1. The molecule has 0 bridgehead atoms. The Morgan fingerprint density at radius 3 is 2.41 bits per heavy atom. The number of amides is 1. The third-order valence-electron chi connectivity index (χ3n) is 6.43. The maximum Gasteiger partial charge on any atom is 0.349 e. The molecule has 1 saturated carbocycles. The van der Waals surface area contributed by atoms with Crippen molar-refractivity contribution in [2.45, 2.75) is 38.5 Å². The van der Waals surface area contributed by atoms with Gasteiger partial charge in [-0.1, -0.05) is 61.7 Å². The lowest BCUT2D eigenvalue weighted by molar-refractivity contribution is -0.139. The van der Waals surface area contributed by atoms with E-state index in [0.29, 0.717) is 27.4 Å². The van der Waals surface area contributed by atoms with E-state index in [9.17, 15) is 19.5 Å². The van der Waals surface area contributed by atoms with Gasteiger partial charge in [0.1, 0.15) is 0 Å². The number of carbonyl (C=O) groups is 3. The number of ether oxygens (including phenoxy) is 1. The number of anilines is 1. The molecule has 4 rings (SSSR count). The Hall–Kier alpha value is -3.17. The number of hydrogen-bond donors (Lipinski definition) is 2. The van der Waals surface area contributed by atoms with Crippen molar-refractivity contribution >= 4 is 50.8 Å². The standard InChI is InChI=1S/C28H28BrNO6S/c29-24-25(36-17-23(32)33)27(28(34)35)37-26(24)20-12-7-13-21(15-20)30(16-19-10-5-2-6-11-19)22(31)14-18-8-3-1-4-9-18/h1,3-4,7-9,12-13,15,19H,2,5-6,10-11,14,16-17H2,(H,32,33)(H,34,35). The van der Waals surface area contributed by atoms with E-state index in [1.165, 1.54) is 19.3 Å². The molecule has 2 aromatic carbocycles. The first-order valence-corrected chi connectivity index (χ1v) is 13.8. The SMILES string of the molecule is O=C(O)COc1c(C(=O)O)sc(-c2cccc(N(CC3CCCCC3)C(=O)Cc3ccccc3)c2)c1Br. The highest BCUT2D eigenvalue weighted by atomic mass is 79.9. The second-order valence-corrected chi connectivity index (χ2v) is 10.9. The molecule has 194 valence electrons. The highest BCUT2D eigenvalue weighted by Gasteiger charge is 2.26. The minimum atomic E-state index is -1.20. The first-order chi connectivity index (χ1) is 17.8. The molecular weight excluding hydrogens is 558 g/mol. The largest absolute Gasteiger partial charge is 0.479 e. The third kappa shape index (κ3) is 6.78. The number of thiophene rings is 1. The molecule has 9 heteroatoms. The van der Waals surface area contributed by atoms with Gasteiger partial charge in [-0.25, -0.2) is 9.59 Å². The molecule has 0 spiro atoms. The number of rotatable bonds is 10. The Morgan fingerprint density at radius 1 is 1.00 bits per heavy atom. The van der Waals surface area contributed by atoms with Gasteiger partial charge in [0.25, 0.3) is 0 Å². The molecule has 1 fully saturated rings. The number of hydrogen-bond acceptors (Lipinski definition) is 5. The Balaban J connectivity index is 1.68. The lowest BCUT2D eigenvalue weighted by Crippen LogP contribution is -2.37. The predicted octanol–water partition coefficient (Wildman–Crippen LogP) is 6.50. The Kier molecular flexibility index (Phi) is 9.00. The lowest BCUT2D eigenvalue weighted by Gasteiger charge is -2.30. The molecule has 3 aromatic rings. The molecule has 2 N–H and O–H groups in total. The summed E-state index contributed by atoms with van der Waals surface area (Å²) in [5.41, 5.74) is 2.40. The summed E-state index contributed by atoms with van der Waals surface area (Å²) in [5.74, 6) is -1.98. The summed E-state index contributed by atoms with van der Waals surface area (Å²) in [7, 11) is 0. The van der Waals surface area contributed by atoms with E-state index in [0.717, 1.165) is 35.4 Å². The van der Waals surface area contributed by atoms with Crippen LogP contribution in [-0.2, 0) is 16.0 Å². The van der Waals surface area contributed by atoms with Gasteiger partial charge in [0, 0.05) is 12.2 Å². The fourth-order valence-electron chi connectivity index (χ4n) is 4.65. The topological polar surface area (TPSA) is 104 Å². The summed E-state index contributed by atoms with van der Waals surface area (Å²) in [6, 6.07) is 17.1. The van der Waals surface area contributed by atoms with Gasteiger partial charge in [-0.3, -0.25) is 4.79 Å². The number of benzene rings is 2. The van der Waals surface area contributed by atoms with Crippen molar-refractivity contribution in [3.8, 4) is 16.2 Å². The zero-order chi connectivity index (χ0) is 26.4. The van der Waals surface area contributed by atoms with Crippen LogP contribution in [0.2, 0.25) is 0 Å². The minimum absolute atomic E-state index is 0.0101. The summed E-state index contributed by atoms with van der Waals surface area (Å²) < 4.78 is 5.67. The van der Waals surface area contributed by atoms with Crippen LogP contribution in [0.25, 0.3) is 10.4 Å². The highest BCUT2D eigenvalue weighted by Crippen LogP contribution is 2.46. The van der Waals surface area contributed by atoms with Crippen LogP contribution in [0.4, 0.5) is 5.69 Å². The van der Waals surface area contributed by atoms with Crippen molar-refractivity contribution in [2.24, 2.45) is 5.92 Å². The van der Waals surface area contributed by atoms with Gasteiger partial charge < -0.3 is 19.8 Å². The van der Waals surface area contributed by atoms with E-state index in [2.05, 4.69) is 15.9 Å². The molecule has 37 heavy (non-hydrogen) atoms. The van der Waals surface area contributed by atoms with Crippen LogP contribution in [0.3, 0.4) is 0 Å². The summed E-state index contributed by atoms with van der Waals surface area (Å²) in [6.07, 6.45) is 6.05. The Labute approximate surface area is 227 Å². The monoisotopic (exact) mass is 585 g/mol. The number of carbonyl (C=O) groups excluding carboxylic acids is 1. The fraction of sp³-hybridized carbons (Fsp3) is 0.321. The molecule has 0 saturated heterocycles. The number of carboxylic acid groups (broad SMARTS) is 2. The average Bonchev–Trinajstić information content (AvgIpc) is 3.23. The van der Waals surface area contributed by atoms with Crippen LogP contribution in [-0.4, -0.2) is 41.2 Å². The normalized spacial score (nSPS) is 13.8. The molecule has 1 amide bonds. The zero-order valence-corrected chi connectivity index (χ0v) is 22.6. The number of carboxylic acids is 2. The van der Waals surface area contributed by atoms with Crippen LogP contribution in [0.1, 0.15) is 47.3 Å². The highest BCUT2D eigenvalue weighted by molar-refractivity contribution is 9.10. The van der Waals surface area contributed by atoms with Gasteiger partial charge in [0.05, 0.1) is 15.8 Å². The van der Waals surface area contributed by atoms with Gasteiger partial charge >= 0.3 is 11.9 Å². The van der Waals surface area contributed by atoms with Crippen LogP contribution < -0.4 is 9.64 Å². The van der Waals surface area contributed by atoms with E-state index < -0.39 is 18.5 Å². The van der Waals surface area contributed by atoms with Crippen LogP contribution in [0.15, 0.2) is 59.1 Å². The first-order valence-electron chi connectivity index (χ1n) is 12.2. The lowest BCUT2D eigenvalue weighted by atomic mass is 9.88. The van der Waals surface area contributed by atoms with Crippen molar-refractivity contribution in [3.05, 3.63) is 69.5 Å². The Morgan fingerprint density at radius 2 is 1.73 bits per heavy atom. The first kappa shape index (κ1) is 26.9. The van der Waals surface area contributed by atoms with E-state index in [1.807, 2.05) is 59.5 Å². The van der Waals surface area contributed by atoms with Crippen molar-refractivity contribution < 1.29 is 29.3 Å². The molecule has 1 heterocycles. The van der Waals surface area contributed by atoms with E-state index in [1.54, 1.807) is 0 Å². The van der Waals surface area contributed by atoms with Crippen LogP contribution >= 0.6 is 27.3 Å². The minimum Gasteiger partial charge on any atom is -0.479 e. The predicted molar refractivity (Wildman–Crippen MR) is 147 cm³/mol. The van der Waals surface area contributed by atoms with Crippen molar-refractivity contribution in [3.63, 3.8) is 0 Å². The third-order valence-corrected chi connectivity index (χ3v) is 8.66. The summed E-state index contributed by atoms with van der Waals surface area (Å²) in [6.45, 7) is -0.0215. The molecule has 1 aliphatic carbocycles. The molecular formula is C28H28BrNO6S. The van der Waals surface area contributed by atoms with Crippen molar-refractivity contribution in [1.82, 2.24) is 0 Å². The molecule has 0 unspecified atom stereocenters. The summed E-state index contributed by atoms with van der Waals surface area (Å²) in [5, 5.41) is 18.6. The zero-order valence-electron chi connectivity index (χ0n) is 20.2. The molecule has 0 radical (unpaired) electrons. The van der Waals surface area contributed by atoms with Crippen LogP contribution in [0, 0.1) is 5.92 Å². The fourth-order valence-corrected chi connectivity index (χ4v) is 6.53. The van der Waals surface area contributed by atoms with E-state index >= 15 is 0 Å². The van der Waals surface area contributed by atoms with Gasteiger partial charge in [-0.05, 0) is 57.9 Å². The average molecular weight is 587 g/mol. The smallest absolute Gasteiger partial charge is 0.349 e. The number of aliphatic carboxylic acids is 1. The van der Waals surface area contributed by atoms with Gasteiger partial charge in [0.2, 0.25) is 5.91 Å². The molecule has 1 aliphatic rings. The second kappa shape index (κ2) is 12.4. The van der Waals surface area contributed by atoms with E-state index in [-0.39, 0.29) is 23.0 Å². The molecule has 7 nitrogen and oxygen atoms in total.